The topological polar surface area (TPSA) is 35.5 Å². The third-order valence-electron chi connectivity index (χ3n) is 1.25. The molecule has 0 saturated carbocycles. The maximum Gasteiger partial charge on any atom is 0.460 e. The van der Waals surface area contributed by atoms with Crippen LogP contribution in [0.15, 0.2) is 0 Å². The molecule has 0 aromatic carbocycles. The summed E-state index contributed by atoms with van der Waals surface area (Å²) in [5.41, 5.74) is 0. The van der Waals surface area contributed by atoms with Crippen molar-refractivity contribution in [1.82, 2.24) is 0 Å². The molecule has 0 aliphatic heterocycles. The van der Waals surface area contributed by atoms with Gasteiger partial charge in [-0.05, 0) is 13.8 Å². The van der Waals surface area contributed by atoms with E-state index in [4.69, 9.17) is 0 Å². The van der Waals surface area contributed by atoms with E-state index in [0.29, 0.717) is 0 Å². The molecular formula is C7H10F4O3. The van der Waals surface area contributed by atoms with Gasteiger partial charge in [0.15, 0.2) is 0 Å². The fourth-order valence-electron chi connectivity index (χ4n) is 0.679. The number of carbonyl (C=O) groups excluding carboxylic acids is 1. The Morgan fingerprint density at radius 3 is 1.93 bits per heavy atom. The van der Waals surface area contributed by atoms with Gasteiger partial charge in [-0.2, -0.15) is 17.6 Å². The second-order valence-electron chi connectivity index (χ2n) is 2.25. The highest BCUT2D eigenvalue weighted by molar-refractivity contribution is 5.78. The van der Waals surface area contributed by atoms with Crippen LogP contribution in [-0.4, -0.2) is 31.2 Å². The summed E-state index contributed by atoms with van der Waals surface area (Å²) in [5.74, 6) is -6.44. The van der Waals surface area contributed by atoms with Crippen LogP contribution >= 0.6 is 0 Å². The minimum absolute atomic E-state index is 0.354. The zero-order valence-corrected chi connectivity index (χ0v) is 7.65. The van der Waals surface area contributed by atoms with Gasteiger partial charge in [0.05, 0.1) is 6.61 Å². The van der Waals surface area contributed by atoms with Crippen LogP contribution in [0.4, 0.5) is 17.6 Å². The number of esters is 1. The molecular weight excluding hydrogens is 208 g/mol. The number of hydrogen-bond acceptors (Lipinski definition) is 3. The number of alkyl halides is 4. The Kier molecular flexibility index (Phi) is 4.31. The summed E-state index contributed by atoms with van der Waals surface area (Å²) < 4.78 is 56.9. The molecule has 84 valence electrons. The second-order valence-corrected chi connectivity index (χ2v) is 2.25. The van der Waals surface area contributed by atoms with Crippen molar-refractivity contribution >= 4 is 5.97 Å². The van der Waals surface area contributed by atoms with Gasteiger partial charge >= 0.3 is 18.0 Å². The van der Waals surface area contributed by atoms with Gasteiger partial charge in [0, 0.05) is 6.61 Å². The molecule has 0 heterocycles. The van der Waals surface area contributed by atoms with Gasteiger partial charge in [-0.1, -0.05) is 0 Å². The molecule has 0 amide bonds. The van der Waals surface area contributed by atoms with E-state index in [2.05, 4.69) is 9.47 Å². The number of hydrogen-bond donors (Lipinski definition) is 0. The van der Waals surface area contributed by atoms with Gasteiger partial charge in [0.2, 0.25) is 0 Å². The lowest BCUT2D eigenvalue weighted by atomic mass is 10.3. The summed E-state index contributed by atoms with van der Waals surface area (Å²) >= 11 is 0. The first kappa shape index (κ1) is 13.2. The molecule has 0 aromatic rings. The van der Waals surface area contributed by atoms with Crippen LogP contribution in [0.3, 0.4) is 0 Å². The molecule has 0 aliphatic rings. The fourth-order valence-corrected chi connectivity index (χ4v) is 0.679. The highest BCUT2D eigenvalue weighted by Gasteiger charge is 2.65. The second kappa shape index (κ2) is 4.59. The zero-order chi connectivity index (χ0) is 11.4. The molecule has 0 spiro atoms. The summed E-state index contributed by atoms with van der Waals surface area (Å²) in [5, 5.41) is 0. The van der Waals surface area contributed by atoms with Gasteiger partial charge in [0.1, 0.15) is 0 Å². The summed E-state index contributed by atoms with van der Waals surface area (Å²) in [7, 11) is 0. The summed E-state index contributed by atoms with van der Waals surface area (Å²) in [6.45, 7) is 1.46. The van der Waals surface area contributed by atoms with Gasteiger partial charge in [-0.15, -0.1) is 0 Å². The van der Waals surface area contributed by atoms with Crippen molar-refractivity contribution in [3.63, 3.8) is 0 Å². The Balaban J connectivity index is 4.80. The summed E-state index contributed by atoms with van der Waals surface area (Å²) in [6.07, 6.45) is -5.44. The van der Waals surface area contributed by atoms with E-state index >= 15 is 0 Å². The van der Waals surface area contributed by atoms with Crippen molar-refractivity contribution in [2.45, 2.75) is 25.9 Å². The van der Waals surface area contributed by atoms with E-state index < -0.39 is 24.6 Å². The van der Waals surface area contributed by atoms with Crippen molar-refractivity contribution < 1.29 is 31.8 Å². The molecule has 1 unspecified atom stereocenters. The van der Waals surface area contributed by atoms with Crippen molar-refractivity contribution in [2.24, 2.45) is 0 Å². The molecule has 0 N–H and O–H groups in total. The lowest BCUT2D eigenvalue weighted by Crippen LogP contribution is -2.51. The zero-order valence-electron chi connectivity index (χ0n) is 7.65. The third kappa shape index (κ3) is 2.57. The van der Waals surface area contributed by atoms with Gasteiger partial charge in [-0.25, -0.2) is 4.79 Å². The fraction of sp³-hybridized carbons (Fsp3) is 0.857. The van der Waals surface area contributed by atoms with Gasteiger partial charge < -0.3 is 9.47 Å². The first-order valence-corrected chi connectivity index (χ1v) is 3.86. The SMILES string of the molecule is CCOC(=O)C(F)(OCC)C(F)(F)F. The van der Waals surface area contributed by atoms with Gasteiger partial charge in [-0.3, -0.25) is 0 Å². The van der Waals surface area contributed by atoms with Crippen LogP contribution < -0.4 is 0 Å². The van der Waals surface area contributed by atoms with Crippen LogP contribution in [0.5, 0.6) is 0 Å². The largest absolute Gasteiger partial charge is 0.462 e. The Labute approximate surface area is 78.0 Å². The summed E-state index contributed by atoms with van der Waals surface area (Å²) in [4.78, 5) is 10.7. The third-order valence-corrected chi connectivity index (χ3v) is 1.25. The number of carbonyl (C=O) groups is 1. The molecule has 1 atom stereocenters. The first-order valence-electron chi connectivity index (χ1n) is 3.86. The minimum Gasteiger partial charge on any atom is -0.462 e. The number of halogens is 4. The average Bonchev–Trinajstić information content (AvgIpc) is 2.03. The molecule has 0 saturated heterocycles. The smallest absolute Gasteiger partial charge is 0.460 e. The van der Waals surface area contributed by atoms with Crippen LogP contribution in [0.25, 0.3) is 0 Å². The molecule has 0 radical (unpaired) electrons. The van der Waals surface area contributed by atoms with Crippen molar-refractivity contribution in [1.29, 1.82) is 0 Å². The maximum atomic E-state index is 13.1. The normalized spacial score (nSPS) is 16.1. The van der Waals surface area contributed by atoms with E-state index in [1.807, 2.05) is 0 Å². The van der Waals surface area contributed by atoms with Crippen LogP contribution in [-0.2, 0) is 14.3 Å². The van der Waals surface area contributed by atoms with E-state index in [9.17, 15) is 22.4 Å². The standard InChI is InChI=1S/C7H10F4O3/c1-3-13-5(12)6(8,14-4-2)7(9,10)11/h3-4H2,1-2H3. The summed E-state index contributed by atoms with van der Waals surface area (Å²) in [6, 6.07) is 0. The first-order chi connectivity index (χ1) is 6.29. The van der Waals surface area contributed by atoms with Crippen molar-refractivity contribution in [3.05, 3.63) is 0 Å². The Morgan fingerprint density at radius 2 is 1.64 bits per heavy atom. The number of ether oxygens (including phenoxy) is 2. The lowest BCUT2D eigenvalue weighted by Gasteiger charge is -2.24. The molecule has 0 aromatic heterocycles. The van der Waals surface area contributed by atoms with E-state index in [1.54, 1.807) is 0 Å². The highest BCUT2D eigenvalue weighted by atomic mass is 19.4. The Hall–Kier alpha value is -0.850. The molecule has 0 fully saturated rings. The molecule has 0 aliphatic carbocycles. The predicted octanol–water partition coefficient (Wildman–Crippen LogP) is 1.81. The predicted molar refractivity (Wildman–Crippen MR) is 38.2 cm³/mol. The van der Waals surface area contributed by atoms with Crippen LogP contribution in [0.2, 0.25) is 0 Å². The number of rotatable bonds is 4. The van der Waals surface area contributed by atoms with Gasteiger partial charge in [0.25, 0.3) is 0 Å². The lowest BCUT2D eigenvalue weighted by molar-refractivity contribution is -0.322. The highest BCUT2D eigenvalue weighted by Crippen LogP contribution is 2.36. The average molecular weight is 218 g/mol. The molecule has 14 heavy (non-hydrogen) atoms. The van der Waals surface area contributed by atoms with E-state index in [1.165, 1.54) is 6.92 Å². The van der Waals surface area contributed by atoms with Crippen molar-refractivity contribution in [2.75, 3.05) is 13.2 Å². The quantitative estimate of drug-likeness (QED) is 0.533. The van der Waals surface area contributed by atoms with E-state index in [0.717, 1.165) is 6.92 Å². The van der Waals surface area contributed by atoms with Crippen LogP contribution in [0.1, 0.15) is 13.8 Å². The Bertz CT molecular complexity index is 204. The maximum absolute atomic E-state index is 13.1. The van der Waals surface area contributed by atoms with E-state index in [-0.39, 0.29) is 6.61 Å². The van der Waals surface area contributed by atoms with Crippen LogP contribution in [0, 0.1) is 0 Å². The monoisotopic (exact) mass is 218 g/mol. The van der Waals surface area contributed by atoms with Crippen molar-refractivity contribution in [3.8, 4) is 0 Å². The molecule has 0 rings (SSSR count). The Morgan fingerprint density at radius 1 is 1.14 bits per heavy atom. The molecule has 3 nitrogen and oxygen atoms in total. The molecule has 7 heteroatoms. The minimum atomic E-state index is -5.44. The molecule has 0 bridgehead atoms.